The third kappa shape index (κ3) is 3.09. The molecule has 1 aliphatic heterocycles. The van der Waals surface area contributed by atoms with E-state index in [4.69, 9.17) is 5.73 Å². The van der Waals surface area contributed by atoms with Crippen molar-refractivity contribution in [2.45, 2.75) is 51.0 Å². The summed E-state index contributed by atoms with van der Waals surface area (Å²) in [6, 6.07) is 0.515. The number of carbonyl (C=O) groups is 1. The highest BCUT2D eigenvalue weighted by Crippen LogP contribution is 2.51. The summed E-state index contributed by atoms with van der Waals surface area (Å²) >= 11 is 1.58. The summed E-state index contributed by atoms with van der Waals surface area (Å²) in [5.41, 5.74) is 8.28. The lowest BCUT2D eigenvalue weighted by molar-refractivity contribution is 0.0993. The average Bonchev–Trinajstić information content (AvgIpc) is 3.26. The molecule has 5 heteroatoms. The van der Waals surface area contributed by atoms with Crippen LogP contribution >= 0.6 is 11.3 Å². The Morgan fingerprint density at radius 3 is 2.57 bits per heavy atom. The number of nitrogen functional groups attached to an aromatic ring is 1. The van der Waals surface area contributed by atoms with Gasteiger partial charge in [0.1, 0.15) is 0 Å². The second kappa shape index (κ2) is 5.97. The number of piperidine rings is 1. The van der Waals surface area contributed by atoms with Gasteiger partial charge in [0.05, 0.1) is 15.6 Å². The van der Waals surface area contributed by atoms with Crippen LogP contribution in [0.25, 0.3) is 0 Å². The van der Waals surface area contributed by atoms with Crippen molar-refractivity contribution in [1.29, 1.82) is 0 Å². The molecule has 1 aromatic rings. The Morgan fingerprint density at radius 2 is 2.00 bits per heavy atom. The van der Waals surface area contributed by atoms with Crippen LogP contribution in [0.4, 0.5) is 10.7 Å². The zero-order chi connectivity index (χ0) is 15.0. The smallest absolute Gasteiger partial charge is 0.174 e. The molecule has 116 valence electrons. The molecule has 1 saturated heterocycles. The maximum Gasteiger partial charge on any atom is 0.174 e. The summed E-state index contributed by atoms with van der Waals surface area (Å²) in [5.74, 6) is 0.754. The minimum Gasteiger partial charge on any atom is -0.397 e. The van der Waals surface area contributed by atoms with Gasteiger partial charge in [0.25, 0.3) is 0 Å². The van der Waals surface area contributed by atoms with Crippen molar-refractivity contribution >= 4 is 27.8 Å². The monoisotopic (exact) mass is 307 g/mol. The molecule has 1 aliphatic carbocycles. The van der Waals surface area contributed by atoms with Gasteiger partial charge in [0, 0.05) is 18.0 Å². The van der Waals surface area contributed by atoms with Gasteiger partial charge in [-0.2, -0.15) is 0 Å². The lowest BCUT2D eigenvalue weighted by Crippen LogP contribution is -2.36. The quantitative estimate of drug-likeness (QED) is 0.819. The summed E-state index contributed by atoms with van der Waals surface area (Å²) < 4.78 is 0. The van der Waals surface area contributed by atoms with E-state index in [0.29, 0.717) is 18.4 Å². The van der Waals surface area contributed by atoms with Crippen molar-refractivity contribution in [1.82, 2.24) is 4.90 Å². The molecule has 3 N–H and O–H groups in total. The third-order valence-electron chi connectivity index (χ3n) is 4.60. The zero-order valence-electron chi connectivity index (χ0n) is 12.9. The van der Waals surface area contributed by atoms with Crippen LogP contribution in [-0.4, -0.2) is 36.9 Å². The molecule has 0 unspecified atom stereocenters. The van der Waals surface area contributed by atoms with Gasteiger partial charge in [0.2, 0.25) is 0 Å². The second-order valence-corrected chi connectivity index (χ2v) is 7.38. The van der Waals surface area contributed by atoms with E-state index in [9.17, 15) is 4.79 Å². The zero-order valence-corrected chi connectivity index (χ0v) is 13.8. The van der Waals surface area contributed by atoms with Crippen LogP contribution in [0.5, 0.6) is 0 Å². The third-order valence-corrected chi connectivity index (χ3v) is 5.79. The fourth-order valence-corrected chi connectivity index (χ4v) is 4.34. The molecule has 4 nitrogen and oxygen atoms in total. The van der Waals surface area contributed by atoms with Gasteiger partial charge in [0.15, 0.2) is 5.78 Å². The number of nitrogens with two attached hydrogens (primary N) is 1. The summed E-state index contributed by atoms with van der Waals surface area (Å²) in [5, 5.41) is 4.86. The number of likely N-dealkylation sites (tertiary alicyclic amines) is 1. The van der Waals surface area contributed by atoms with Crippen LogP contribution in [-0.2, 0) is 0 Å². The van der Waals surface area contributed by atoms with Gasteiger partial charge in [-0.05, 0) is 51.7 Å². The highest BCUT2D eigenvalue weighted by molar-refractivity contribution is 7.18. The lowest BCUT2D eigenvalue weighted by atomic mass is 10.0. The molecular weight excluding hydrogens is 282 g/mol. The molecular formula is C16H25N3OS. The van der Waals surface area contributed by atoms with Crippen LogP contribution in [0.3, 0.4) is 0 Å². The molecule has 0 aromatic carbocycles. The minimum atomic E-state index is 0.177. The van der Waals surface area contributed by atoms with Crippen LogP contribution in [0, 0.1) is 0 Å². The van der Waals surface area contributed by atoms with Crippen LogP contribution in [0.15, 0.2) is 0 Å². The Balaban J connectivity index is 1.81. The topological polar surface area (TPSA) is 58.4 Å². The molecule has 0 amide bonds. The molecule has 3 rings (SSSR count). The number of carbonyl (C=O) groups excluding carboxylic acids is 1. The van der Waals surface area contributed by atoms with Gasteiger partial charge in [-0.3, -0.25) is 4.79 Å². The number of anilines is 2. The lowest BCUT2D eigenvalue weighted by Gasteiger charge is -2.30. The van der Waals surface area contributed by atoms with Crippen LogP contribution in [0.2, 0.25) is 0 Å². The first-order valence-corrected chi connectivity index (χ1v) is 8.82. The van der Waals surface area contributed by atoms with E-state index >= 15 is 0 Å². The number of nitrogens with one attached hydrogen (secondary N) is 1. The minimum absolute atomic E-state index is 0.177. The first kappa shape index (κ1) is 14.9. The Hall–Kier alpha value is -1.07. The van der Waals surface area contributed by atoms with Crippen molar-refractivity contribution in [3.05, 3.63) is 10.4 Å². The van der Waals surface area contributed by atoms with E-state index in [0.717, 1.165) is 36.5 Å². The molecule has 0 atom stereocenters. The number of hydrogen-bond donors (Lipinski definition) is 2. The predicted molar refractivity (Wildman–Crippen MR) is 89.5 cm³/mol. The Bertz CT molecular complexity index is 528. The fraction of sp³-hybridized carbons (Fsp3) is 0.688. The Morgan fingerprint density at radius 1 is 1.33 bits per heavy atom. The van der Waals surface area contributed by atoms with E-state index in [-0.39, 0.29) is 5.78 Å². The molecule has 0 radical (unpaired) electrons. The van der Waals surface area contributed by atoms with Crippen molar-refractivity contribution in [3.8, 4) is 0 Å². The van der Waals surface area contributed by atoms with Crippen molar-refractivity contribution in [2.75, 3.05) is 31.2 Å². The number of hydrogen-bond acceptors (Lipinski definition) is 5. The standard InChI is InChI=1S/C16H25N3OS/c1-3-12(20)15-14(17)13(10-4-5-10)16(21-15)18-11-6-8-19(2)9-7-11/h10-11,18H,3-9,17H2,1-2H3. The second-order valence-electron chi connectivity index (χ2n) is 6.36. The van der Waals surface area contributed by atoms with Gasteiger partial charge in [-0.1, -0.05) is 6.92 Å². The highest BCUT2D eigenvalue weighted by atomic mass is 32.1. The molecule has 21 heavy (non-hydrogen) atoms. The molecule has 1 saturated carbocycles. The molecule has 0 spiro atoms. The first-order chi connectivity index (χ1) is 10.1. The Labute approximate surface area is 130 Å². The summed E-state index contributed by atoms with van der Waals surface area (Å²) in [7, 11) is 2.17. The highest BCUT2D eigenvalue weighted by Gasteiger charge is 2.33. The summed E-state index contributed by atoms with van der Waals surface area (Å²) in [6.45, 7) is 4.18. The molecule has 2 fully saturated rings. The maximum absolute atomic E-state index is 12.1. The molecule has 2 heterocycles. The van der Waals surface area contributed by atoms with E-state index < -0.39 is 0 Å². The molecule has 0 bridgehead atoms. The maximum atomic E-state index is 12.1. The number of ketones is 1. The summed E-state index contributed by atoms with van der Waals surface area (Å²) in [4.78, 5) is 15.2. The van der Waals surface area contributed by atoms with E-state index in [1.54, 1.807) is 11.3 Å². The van der Waals surface area contributed by atoms with Crippen molar-refractivity contribution < 1.29 is 4.79 Å². The Kier molecular flexibility index (Phi) is 4.22. The van der Waals surface area contributed by atoms with Crippen molar-refractivity contribution in [3.63, 3.8) is 0 Å². The number of nitrogens with zero attached hydrogens (tertiary/aromatic N) is 1. The van der Waals surface area contributed by atoms with Crippen LogP contribution < -0.4 is 11.1 Å². The fourth-order valence-electron chi connectivity index (χ4n) is 3.05. The van der Waals surface area contributed by atoms with Gasteiger partial charge in [-0.15, -0.1) is 11.3 Å². The average molecular weight is 307 g/mol. The van der Waals surface area contributed by atoms with Crippen LogP contribution in [0.1, 0.15) is 60.2 Å². The number of rotatable bonds is 5. The largest absolute Gasteiger partial charge is 0.397 e. The van der Waals surface area contributed by atoms with E-state index in [1.807, 2.05) is 6.92 Å². The molecule has 1 aromatic heterocycles. The SMILES string of the molecule is CCC(=O)c1sc(NC2CCN(C)CC2)c(C2CC2)c1N. The van der Waals surface area contributed by atoms with E-state index in [1.165, 1.54) is 23.4 Å². The van der Waals surface area contributed by atoms with Gasteiger partial charge in [-0.25, -0.2) is 0 Å². The normalized spacial score (nSPS) is 20.7. The number of thiophene rings is 1. The van der Waals surface area contributed by atoms with Gasteiger partial charge < -0.3 is 16.0 Å². The van der Waals surface area contributed by atoms with Gasteiger partial charge >= 0.3 is 0 Å². The van der Waals surface area contributed by atoms with E-state index in [2.05, 4.69) is 17.3 Å². The number of Topliss-reactive ketones (excluding diaryl/α,β-unsaturated/α-hetero) is 1. The van der Waals surface area contributed by atoms with Crippen molar-refractivity contribution in [2.24, 2.45) is 0 Å². The molecule has 2 aliphatic rings. The predicted octanol–water partition coefficient (Wildman–Crippen LogP) is 3.31. The first-order valence-electron chi connectivity index (χ1n) is 8.00. The summed E-state index contributed by atoms with van der Waals surface area (Å²) in [6.07, 6.45) is 5.28.